The fourth-order valence-corrected chi connectivity index (χ4v) is 6.92. The zero-order valence-corrected chi connectivity index (χ0v) is 37.7. The summed E-state index contributed by atoms with van der Waals surface area (Å²) < 4.78 is 11.2. The van der Waals surface area contributed by atoms with Crippen molar-refractivity contribution in [1.29, 1.82) is 0 Å². The Hall–Kier alpha value is -2.63. The van der Waals surface area contributed by atoms with Crippen LogP contribution in [0.4, 0.5) is 0 Å². The molecule has 0 saturated carbocycles. The van der Waals surface area contributed by atoms with Crippen LogP contribution >= 0.6 is 0 Å². The van der Waals surface area contributed by atoms with Crippen molar-refractivity contribution in [1.82, 2.24) is 5.32 Å². The topological polar surface area (TPSA) is 149 Å². The number of aliphatic hydroxyl groups excluding tert-OH is 5. The first-order valence-corrected chi connectivity index (χ1v) is 23.8. The molecule has 1 aliphatic rings. The predicted octanol–water partition coefficient (Wildman–Crippen LogP) is 10.3. The number of hydrogen-bond donors (Lipinski definition) is 6. The van der Waals surface area contributed by atoms with Crippen molar-refractivity contribution in [3.63, 3.8) is 0 Å². The molecule has 0 spiro atoms. The minimum atomic E-state index is -1.57. The molecule has 0 aromatic carbocycles. The van der Waals surface area contributed by atoms with E-state index in [4.69, 9.17) is 9.47 Å². The molecule has 0 aliphatic carbocycles. The lowest BCUT2D eigenvalue weighted by molar-refractivity contribution is -0.302. The molecule has 9 nitrogen and oxygen atoms in total. The van der Waals surface area contributed by atoms with E-state index in [0.717, 1.165) is 89.9 Å². The number of ether oxygens (including phenoxy) is 2. The molecule has 6 N–H and O–H groups in total. The van der Waals surface area contributed by atoms with E-state index in [2.05, 4.69) is 92.1 Å². The van der Waals surface area contributed by atoms with Gasteiger partial charge in [0.1, 0.15) is 24.4 Å². The van der Waals surface area contributed by atoms with Gasteiger partial charge in [-0.3, -0.25) is 4.79 Å². The van der Waals surface area contributed by atoms with E-state index >= 15 is 0 Å². The van der Waals surface area contributed by atoms with Crippen LogP contribution in [0.5, 0.6) is 0 Å². The van der Waals surface area contributed by atoms with E-state index in [-0.39, 0.29) is 12.5 Å². The van der Waals surface area contributed by atoms with Crippen molar-refractivity contribution in [2.45, 2.75) is 217 Å². The summed E-state index contributed by atoms with van der Waals surface area (Å²) in [5.74, 6) is -0.190. The first-order chi connectivity index (χ1) is 29.3. The molecule has 7 atom stereocenters. The maximum Gasteiger partial charge on any atom is 0.220 e. The SMILES string of the molecule is CC/C=C\C/C=C\C/C=C\C/C=C\C/C=C\C/C=C\CCCCCCCCCCCCC(=O)NC(COC1OC(CO)C(O)C(O)C1O)C(O)/C=C/CCCCCCCC. The lowest BCUT2D eigenvalue weighted by Gasteiger charge is -2.40. The molecular formula is C51H87NO8. The van der Waals surface area contributed by atoms with Crippen LogP contribution in [0.25, 0.3) is 0 Å². The first-order valence-electron chi connectivity index (χ1n) is 23.8. The Morgan fingerprint density at radius 1 is 0.583 bits per heavy atom. The van der Waals surface area contributed by atoms with Crippen LogP contribution in [-0.2, 0) is 14.3 Å². The second-order valence-electron chi connectivity index (χ2n) is 16.2. The third-order valence-electron chi connectivity index (χ3n) is 10.7. The number of unbranched alkanes of at least 4 members (excludes halogenated alkanes) is 16. The highest BCUT2D eigenvalue weighted by Gasteiger charge is 2.44. The van der Waals surface area contributed by atoms with E-state index in [1.807, 2.05) is 6.08 Å². The van der Waals surface area contributed by atoms with Crippen LogP contribution in [0.15, 0.2) is 85.1 Å². The summed E-state index contributed by atoms with van der Waals surface area (Å²) in [6, 6.07) is -0.809. The van der Waals surface area contributed by atoms with Crippen LogP contribution in [0.3, 0.4) is 0 Å². The standard InChI is InChI=1S/C51H87NO8/c1-3-5-7-9-11-13-14-15-16-17-18-19-20-21-22-23-24-25-26-27-28-29-30-31-32-33-35-37-39-41-47(55)52-44(45(54)40-38-36-34-12-10-8-6-4-2)43-59-51-50(58)49(57)48(56)46(42-53)60-51/h5,7,11,13,15-16,18-19,21-22,24-25,38,40,44-46,48-51,53-54,56-58H,3-4,6,8-10,12,14,17,20,23,26-37,39,41-43H2,1-2H3,(H,52,55)/b7-5-,13-11-,16-15-,19-18-,22-21-,25-24-,40-38+. The minimum Gasteiger partial charge on any atom is -0.394 e. The Bertz CT molecular complexity index is 1210. The van der Waals surface area contributed by atoms with Gasteiger partial charge in [0, 0.05) is 6.42 Å². The molecule has 1 fully saturated rings. The molecular weight excluding hydrogens is 755 g/mol. The summed E-state index contributed by atoms with van der Waals surface area (Å²) in [6.45, 7) is 3.59. The highest BCUT2D eigenvalue weighted by atomic mass is 16.7. The third-order valence-corrected chi connectivity index (χ3v) is 10.7. The van der Waals surface area contributed by atoms with Gasteiger partial charge in [0.05, 0.1) is 25.4 Å². The van der Waals surface area contributed by atoms with Crippen LogP contribution in [0.2, 0.25) is 0 Å². The van der Waals surface area contributed by atoms with E-state index in [1.54, 1.807) is 6.08 Å². The summed E-state index contributed by atoms with van der Waals surface area (Å²) in [4.78, 5) is 12.9. The van der Waals surface area contributed by atoms with Gasteiger partial charge in [-0.25, -0.2) is 0 Å². The minimum absolute atomic E-state index is 0.190. The molecule has 1 aliphatic heterocycles. The van der Waals surface area contributed by atoms with Gasteiger partial charge < -0.3 is 40.3 Å². The molecule has 1 heterocycles. The maximum atomic E-state index is 12.9. The van der Waals surface area contributed by atoms with Gasteiger partial charge in [-0.1, -0.05) is 182 Å². The largest absolute Gasteiger partial charge is 0.394 e. The van der Waals surface area contributed by atoms with E-state index in [1.165, 1.54) is 64.2 Å². The van der Waals surface area contributed by atoms with Crippen molar-refractivity contribution in [3.8, 4) is 0 Å². The van der Waals surface area contributed by atoms with Gasteiger partial charge in [0.15, 0.2) is 6.29 Å². The fourth-order valence-electron chi connectivity index (χ4n) is 6.92. The zero-order chi connectivity index (χ0) is 43.7. The summed E-state index contributed by atoms with van der Waals surface area (Å²) >= 11 is 0. The number of allylic oxidation sites excluding steroid dienone is 13. The molecule has 1 amide bonds. The lowest BCUT2D eigenvalue weighted by Crippen LogP contribution is -2.60. The van der Waals surface area contributed by atoms with Crippen molar-refractivity contribution in [3.05, 3.63) is 85.1 Å². The maximum absolute atomic E-state index is 12.9. The normalized spacial score (nSPS) is 21.4. The molecule has 7 unspecified atom stereocenters. The van der Waals surface area contributed by atoms with Gasteiger partial charge in [0.25, 0.3) is 0 Å². The van der Waals surface area contributed by atoms with E-state index in [0.29, 0.717) is 6.42 Å². The Kier molecular flexibility index (Phi) is 37.3. The molecule has 0 bridgehead atoms. The number of nitrogens with one attached hydrogen (secondary N) is 1. The molecule has 0 radical (unpaired) electrons. The highest BCUT2D eigenvalue weighted by Crippen LogP contribution is 2.22. The number of amides is 1. The monoisotopic (exact) mass is 842 g/mol. The van der Waals surface area contributed by atoms with E-state index in [9.17, 15) is 30.3 Å². The second-order valence-corrected chi connectivity index (χ2v) is 16.2. The predicted molar refractivity (Wildman–Crippen MR) is 248 cm³/mol. The van der Waals surface area contributed by atoms with Crippen LogP contribution in [0, 0.1) is 0 Å². The molecule has 60 heavy (non-hydrogen) atoms. The summed E-state index contributed by atoms with van der Waals surface area (Å²) in [7, 11) is 0. The molecule has 1 saturated heterocycles. The molecule has 0 aromatic heterocycles. The van der Waals surface area contributed by atoms with E-state index < -0.39 is 49.5 Å². The van der Waals surface area contributed by atoms with Crippen LogP contribution in [-0.4, -0.2) is 87.5 Å². The van der Waals surface area contributed by atoms with Gasteiger partial charge in [-0.05, 0) is 70.6 Å². The van der Waals surface area contributed by atoms with Gasteiger partial charge >= 0.3 is 0 Å². The van der Waals surface area contributed by atoms with Crippen LogP contribution < -0.4 is 5.32 Å². The number of rotatable bonds is 38. The summed E-state index contributed by atoms with van der Waals surface area (Å²) in [6.07, 6.45) is 49.4. The molecule has 344 valence electrons. The molecule has 1 rings (SSSR count). The quantitative estimate of drug-likeness (QED) is 0.0266. The highest BCUT2D eigenvalue weighted by molar-refractivity contribution is 5.76. The van der Waals surface area contributed by atoms with Gasteiger partial charge in [-0.15, -0.1) is 0 Å². The average molecular weight is 842 g/mol. The third kappa shape index (κ3) is 30.4. The zero-order valence-electron chi connectivity index (χ0n) is 37.7. The Balaban J connectivity index is 2.19. The molecule has 9 heteroatoms. The van der Waals surface area contributed by atoms with Crippen molar-refractivity contribution in [2.24, 2.45) is 0 Å². The average Bonchev–Trinajstić information content (AvgIpc) is 3.25. The Morgan fingerprint density at radius 3 is 1.53 bits per heavy atom. The number of carbonyl (C=O) groups is 1. The number of aliphatic hydroxyl groups is 5. The lowest BCUT2D eigenvalue weighted by atomic mass is 9.99. The fraction of sp³-hybridized carbons (Fsp3) is 0.706. The van der Waals surface area contributed by atoms with Crippen molar-refractivity contribution < 1.29 is 39.8 Å². The number of hydrogen-bond acceptors (Lipinski definition) is 8. The second kappa shape index (κ2) is 40.4. The Labute approximate surface area is 365 Å². The van der Waals surface area contributed by atoms with Gasteiger partial charge in [-0.2, -0.15) is 0 Å². The summed E-state index contributed by atoms with van der Waals surface area (Å²) in [5.41, 5.74) is 0. The van der Waals surface area contributed by atoms with Gasteiger partial charge in [0.2, 0.25) is 5.91 Å². The Morgan fingerprint density at radius 2 is 1.03 bits per heavy atom. The summed E-state index contributed by atoms with van der Waals surface area (Å²) in [5, 5.41) is 54.0. The smallest absolute Gasteiger partial charge is 0.220 e. The first kappa shape index (κ1) is 55.4. The van der Waals surface area contributed by atoms with Crippen molar-refractivity contribution in [2.75, 3.05) is 13.2 Å². The van der Waals surface area contributed by atoms with Crippen molar-refractivity contribution >= 4 is 5.91 Å². The van der Waals surface area contributed by atoms with Crippen LogP contribution in [0.1, 0.15) is 174 Å². The molecule has 0 aromatic rings. The number of carbonyl (C=O) groups excluding carboxylic acids is 1.